The fourth-order valence-electron chi connectivity index (χ4n) is 2.68. The number of hydrogen-bond acceptors (Lipinski definition) is 3. The largest absolute Gasteiger partial charge is 0.444 e. The van der Waals surface area contributed by atoms with Crippen LogP contribution < -0.4 is 5.32 Å². The van der Waals surface area contributed by atoms with E-state index in [4.69, 9.17) is 4.74 Å². The first-order valence-corrected chi connectivity index (χ1v) is 7.14. The molecule has 1 aliphatic rings. The van der Waals surface area contributed by atoms with Crippen molar-refractivity contribution in [2.75, 3.05) is 19.6 Å². The zero-order valence-corrected chi connectivity index (χ0v) is 13.0. The second-order valence-corrected chi connectivity index (χ2v) is 6.40. The minimum absolute atomic E-state index is 0.0323. The predicted molar refractivity (Wildman–Crippen MR) is 78.8 cm³/mol. The highest BCUT2D eigenvalue weighted by atomic mass is 16.6. The van der Waals surface area contributed by atoms with Gasteiger partial charge in [0.1, 0.15) is 5.60 Å². The van der Waals surface area contributed by atoms with E-state index >= 15 is 0 Å². The highest BCUT2D eigenvalue weighted by Gasteiger charge is 2.33. The molecule has 1 fully saturated rings. The minimum Gasteiger partial charge on any atom is -0.444 e. The van der Waals surface area contributed by atoms with Crippen LogP contribution in [0, 0.1) is 13.8 Å². The van der Waals surface area contributed by atoms with Crippen LogP contribution in [0.4, 0.5) is 4.79 Å². The zero-order valence-electron chi connectivity index (χ0n) is 13.0. The number of carbonyl (C=O) groups is 1. The molecule has 1 aliphatic heterocycles. The third-order valence-corrected chi connectivity index (χ3v) is 3.54. The number of aromatic nitrogens is 1. The van der Waals surface area contributed by atoms with Crippen molar-refractivity contribution in [3.05, 3.63) is 23.0 Å². The Hall–Kier alpha value is -1.49. The van der Waals surface area contributed by atoms with E-state index in [9.17, 15) is 4.79 Å². The summed E-state index contributed by atoms with van der Waals surface area (Å²) in [6, 6.07) is 0.0323. The molecule has 1 unspecified atom stereocenters. The van der Waals surface area contributed by atoms with Crippen molar-refractivity contribution in [2.45, 2.75) is 46.3 Å². The average molecular weight is 279 g/mol. The van der Waals surface area contributed by atoms with Gasteiger partial charge in [-0.1, -0.05) is 0 Å². The Morgan fingerprint density at radius 3 is 2.65 bits per heavy atom. The van der Waals surface area contributed by atoms with Crippen LogP contribution in [-0.4, -0.2) is 41.2 Å². The lowest BCUT2D eigenvalue weighted by atomic mass is 10.0. The molecule has 1 amide bonds. The topological polar surface area (TPSA) is 57.4 Å². The van der Waals surface area contributed by atoms with Crippen molar-refractivity contribution in [1.29, 1.82) is 0 Å². The fraction of sp³-hybridized carbons (Fsp3) is 0.667. The Morgan fingerprint density at radius 1 is 1.40 bits per heavy atom. The second kappa shape index (κ2) is 5.48. The molecule has 2 heterocycles. The van der Waals surface area contributed by atoms with Crippen LogP contribution in [0.1, 0.15) is 43.6 Å². The molecule has 2 rings (SSSR count). The van der Waals surface area contributed by atoms with Crippen molar-refractivity contribution in [3.8, 4) is 0 Å². The van der Waals surface area contributed by atoms with E-state index in [1.807, 2.05) is 38.8 Å². The van der Waals surface area contributed by atoms with Gasteiger partial charge < -0.3 is 15.0 Å². The summed E-state index contributed by atoms with van der Waals surface area (Å²) in [6.07, 6.45) is 1.76. The minimum atomic E-state index is -0.464. The summed E-state index contributed by atoms with van der Waals surface area (Å²) < 4.78 is 5.53. The van der Waals surface area contributed by atoms with E-state index in [2.05, 4.69) is 17.2 Å². The zero-order chi connectivity index (χ0) is 14.9. The molecule has 112 valence electrons. The first kappa shape index (κ1) is 14.9. The number of rotatable bonds is 1. The number of nitrogens with one attached hydrogen (secondary N) is 2. The average Bonchev–Trinajstić information content (AvgIpc) is 2.67. The van der Waals surface area contributed by atoms with Crippen LogP contribution in [0.5, 0.6) is 0 Å². The third kappa shape index (κ3) is 3.15. The third-order valence-electron chi connectivity index (χ3n) is 3.54. The number of nitrogens with zero attached hydrogens (tertiary/aromatic N) is 1. The quantitative estimate of drug-likeness (QED) is 0.830. The number of aromatic amines is 1. The van der Waals surface area contributed by atoms with Gasteiger partial charge in [0.05, 0.1) is 6.04 Å². The lowest BCUT2D eigenvalue weighted by Crippen LogP contribution is -2.50. The van der Waals surface area contributed by atoms with Crippen LogP contribution in [0.25, 0.3) is 0 Å². The van der Waals surface area contributed by atoms with Gasteiger partial charge >= 0.3 is 6.09 Å². The summed E-state index contributed by atoms with van der Waals surface area (Å²) in [6.45, 7) is 12.0. The molecule has 0 spiro atoms. The van der Waals surface area contributed by atoms with Gasteiger partial charge in [-0.2, -0.15) is 0 Å². The van der Waals surface area contributed by atoms with Crippen molar-refractivity contribution in [2.24, 2.45) is 0 Å². The molecule has 0 saturated carbocycles. The van der Waals surface area contributed by atoms with Gasteiger partial charge in [-0.3, -0.25) is 4.90 Å². The summed E-state index contributed by atoms with van der Waals surface area (Å²) in [5.41, 5.74) is 3.03. The molecule has 0 radical (unpaired) electrons. The van der Waals surface area contributed by atoms with Crippen molar-refractivity contribution >= 4 is 6.09 Å². The monoisotopic (exact) mass is 279 g/mol. The standard InChI is InChI=1S/C15H25N3O2/c1-10-8-17-11(2)13(10)12-9-16-6-7-18(12)14(19)20-15(3,4)5/h8,12,16-17H,6-7,9H2,1-5H3. The molecule has 1 atom stereocenters. The van der Waals surface area contributed by atoms with Crippen molar-refractivity contribution in [3.63, 3.8) is 0 Å². The molecule has 5 nitrogen and oxygen atoms in total. The van der Waals surface area contributed by atoms with Gasteiger partial charge in [-0.15, -0.1) is 0 Å². The highest BCUT2D eigenvalue weighted by molar-refractivity contribution is 5.69. The molecule has 1 aromatic rings. The number of carbonyl (C=O) groups excluding carboxylic acids is 1. The summed E-state index contributed by atoms with van der Waals surface area (Å²) in [5.74, 6) is 0. The molecule has 0 aliphatic carbocycles. The van der Waals surface area contributed by atoms with Gasteiger partial charge in [0.25, 0.3) is 0 Å². The normalized spacial score (nSPS) is 20.1. The maximum Gasteiger partial charge on any atom is 0.410 e. The van der Waals surface area contributed by atoms with Crippen LogP contribution in [0.3, 0.4) is 0 Å². The molecule has 0 bridgehead atoms. The van der Waals surface area contributed by atoms with E-state index in [1.54, 1.807) is 0 Å². The molecular formula is C15H25N3O2. The number of hydrogen-bond donors (Lipinski definition) is 2. The molecule has 0 aromatic carbocycles. The van der Waals surface area contributed by atoms with Gasteiger partial charge in [-0.05, 0) is 45.7 Å². The van der Waals surface area contributed by atoms with Crippen LogP contribution in [-0.2, 0) is 4.74 Å². The Kier molecular flexibility index (Phi) is 4.09. The second-order valence-electron chi connectivity index (χ2n) is 6.40. The summed E-state index contributed by atoms with van der Waals surface area (Å²) in [4.78, 5) is 17.5. The highest BCUT2D eigenvalue weighted by Crippen LogP contribution is 2.29. The van der Waals surface area contributed by atoms with Gasteiger partial charge in [0, 0.05) is 31.5 Å². The van der Waals surface area contributed by atoms with Gasteiger partial charge in [0.15, 0.2) is 0 Å². The van der Waals surface area contributed by atoms with Crippen LogP contribution in [0.15, 0.2) is 6.20 Å². The number of piperazine rings is 1. The van der Waals surface area contributed by atoms with E-state index in [0.29, 0.717) is 6.54 Å². The molecule has 1 aromatic heterocycles. The molecule has 2 N–H and O–H groups in total. The number of ether oxygens (including phenoxy) is 1. The Balaban J connectivity index is 2.24. The molecule has 20 heavy (non-hydrogen) atoms. The SMILES string of the molecule is Cc1c[nH]c(C)c1C1CNCCN1C(=O)OC(C)(C)C. The van der Waals surface area contributed by atoms with E-state index in [1.165, 1.54) is 11.1 Å². The van der Waals surface area contributed by atoms with E-state index in [0.717, 1.165) is 18.8 Å². The van der Waals surface area contributed by atoms with Gasteiger partial charge in [-0.25, -0.2) is 4.79 Å². The molecule has 1 saturated heterocycles. The van der Waals surface area contributed by atoms with Gasteiger partial charge in [0.2, 0.25) is 0 Å². The fourth-order valence-corrected chi connectivity index (χ4v) is 2.68. The molecular weight excluding hydrogens is 254 g/mol. The maximum atomic E-state index is 12.4. The number of amides is 1. The Bertz CT molecular complexity index is 468. The summed E-state index contributed by atoms with van der Waals surface area (Å²) in [5, 5.41) is 3.36. The van der Waals surface area contributed by atoms with Crippen LogP contribution in [0.2, 0.25) is 0 Å². The first-order valence-electron chi connectivity index (χ1n) is 7.14. The number of H-pyrrole nitrogens is 1. The lowest BCUT2D eigenvalue weighted by Gasteiger charge is -2.37. The maximum absolute atomic E-state index is 12.4. The van der Waals surface area contributed by atoms with Crippen molar-refractivity contribution < 1.29 is 9.53 Å². The van der Waals surface area contributed by atoms with E-state index < -0.39 is 5.60 Å². The van der Waals surface area contributed by atoms with Crippen molar-refractivity contribution in [1.82, 2.24) is 15.2 Å². The lowest BCUT2D eigenvalue weighted by molar-refractivity contribution is 0.0117. The van der Waals surface area contributed by atoms with E-state index in [-0.39, 0.29) is 12.1 Å². The first-order chi connectivity index (χ1) is 9.29. The Labute approximate surface area is 120 Å². The predicted octanol–water partition coefficient (Wildman–Crippen LogP) is 2.51. The Morgan fingerprint density at radius 2 is 2.10 bits per heavy atom. The summed E-state index contributed by atoms with van der Waals surface area (Å²) in [7, 11) is 0. The number of aryl methyl sites for hydroxylation is 2. The summed E-state index contributed by atoms with van der Waals surface area (Å²) >= 11 is 0. The molecule has 5 heteroatoms. The van der Waals surface area contributed by atoms with Crippen LogP contribution >= 0.6 is 0 Å². The smallest absolute Gasteiger partial charge is 0.410 e.